The maximum atomic E-state index is 5.36. The van der Waals surface area contributed by atoms with Gasteiger partial charge in [0, 0.05) is 25.2 Å². The predicted molar refractivity (Wildman–Crippen MR) is 93.4 cm³/mol. The Bertz CT molecular complexity index is 435. The van der Waals surface area contributed by atoms with E-state index in [1.807, 2.05) is 18.2 Å². The normalized spacial score (nSPS) is 20.8. The molecular formula is C17H27N3S. The molecule has 1 aromatic carbocycles. The van der Waals surface area contributed by atoms with Crippen LogP contribution in [0.1, 0.15) is 38.7 Å². The van der Waals surface area contributed by atoms with E-state index in [4.69, 9.17) is 12.2 Å². The molecule has 2 rings (SSSR count). The largest absolute Gasteiger partial charge is 0.361 e. The molecule has 2 N–H and O–H groups in total. The number of hydrogen-bond donors (Lipinski definition) is 2. The number of likely N-dealkylation sites (tertiary alicyclic amines) is 1. The molecule has 0 bridgehead atoms. The van der Waals surface area contributed by atoms with E-state index in [1.165, 1.54) is 31.4 Å². The summed E-state index contributed by atoms with van der Waals surface area (Å²) < 4.78 is 0. The van der Waals surface area contributed by atoms with Gasteiger partial charge in [-0.3, -0.25) is 4.90 Å². The Kier molecular flexibility index (Phi) is 6.46. The van der Waals surface area contributed by atoms with Crippen molar-refractivity contribution in [3.63, 3.8) is 0 Å². The van der Waals surface area contributed by atoms with Gasteiger partial charge in [0.05, 0.1) is 0 Å². The van der Waals surface area contributed by atoms with E-state index in [1.54, 1.807) is 0 Å². The first-order valence-corrected chi connectivity index (χ1v) is 8.39. The van der Waals surface area contributed by atoms with Crippen molar-refractivity contribution in [1.29, 1.82) is 0 Å². The Morgan fingerprint density at radius 2 is 2.05 bits per heavy atom. The van der Waals surface area contributed by atoms with Crippen molar-refractivity contribution >= 4 is 17.3 Å². The highest BCUT2D eigenvalue weighted by atomic mass is 32.1. The van der Waals surface area contributed by atoms with Crippen LogP contribution in [0.5, 0.6) is 0 Å². The summed E-state index contributed by atoms with van der Waals surface area (Å²) in [7, 11) is 0. The molecular weight excluding hydrogens is 278 g/mol. The van der Waals surface area contributed by atoms with Gasteiger partial charge in [-0.05, 0) is 51.0 Å². The zero-order valence-corrected chi connectivity index (χ0v) is 14.0. The molecule has 1 heterocycles. The predicted octanol–water partition coefficient (Wildman–Crippen LogP) is 2.91. The van der Waals surface area contributed by atoms with E-state index in [-0.39, 0.29) is 0 Å². The molecule has 0 unspecified atom stereocenters. The quantitative estimate of drug-likeness (QED) is 0.818. The van der Waals surface area contributed by atoms with E-state index < -0.39 is 0 Å². The van der Waals surface area contributed by atoms with Crippen LogP contribution in [0, 0.1) is 0 Å². The van der Waals surface area contributed by atoms with Crippen molar-refractivity contribution < 1.29 is 0 Å². The first-order valence-electron chi connectivity index (χ1n) is 7.98. The highest BCUT2D eigenvalue weighted by Gasteiger charge is 2.22. The Morgan fingerprint density at radius 3 is 2.76 bits per heavy atom. The van der Waals surface area contributed by atoms with Crippen molar-refractivity contribution in [2.45, 2.75) is 51.7 Å². The molecule has 1 saturated heterocycles. The minimum Gasteiger partial charge on any atom is -0.361 e. The third-order valence-corrected chi connectivity index (χ3v) is 4.56. The number of piperidine rings is 1. The van der Waals surface area contributed by atoms with Crippen molar-refractivity contribution in [2.24, 2.45) is 0 Å². The van der Waals surface area contributed by atoms with Crippen molar-refractivity contribution in [1.82, 2.24) is 15.5 Å². The molecule has 0 saturated carbocycles. The van der Waals surface area contributed by atoms with Crippen LogP contribution in [0.25, 0.3) is 0 Å². The lowest BCUT2D eigenvalue weighted by Gasteiger charge is -2.38. The zero-order valence-electron chi connectivity index (χ0n) is 13.1. The van der Waals surface area contributed by atoms with Gasteiger partial charge < -0.3 is 10.6 Å². The van der Waals surface area contributed by atoms with Crippen LogP contribution < -0.4 is 10.6 Å². The van der Waals surface area contributed by atoms with E-state index in [0.29, 0.717) is 12.1 Å². The monoisotopic (exact) mass is 305 g/mol. The van der Waals surface area contributed by atoms with E-state index in [2.05, 4.69) is 41.5 Å². The topological polar surface area (TPSA) is 27.3 Å². The molecule has 0 amide bonds. The van der Waals surface area contributed by atoms with Gasteiger partial charge in [0.25, 0.3) is 0 Å². The van der Waals surface area contributed by atoms with Crippen molar-refractivity contribution in [3.05, 3.63) is 35.9 Å². The van der Waals surface area contributed by atoms with E-state index in [0.717, 1.165) is 18.2 Å². The van der Waals surface area contributed by atoms with Gasteiger partial charge >= 0.3 is 0 Å². The number of rotatable bonds is 5. The summed E-state index contributed by atoms with van der Waals surface area (Å²) >= 11 is 5.36. The second kappa shape index (κ2) is 8.35. The molecule has 21 heavy (non-hydrogen) atoms. The molecule has 0 aromatic heterocycles. The molecule has 0 spiro atoms. The zero-order chi connectivity index (χ0) is 15.1. The number of nitrogens with zero attached hydrogens (tertiary/aromatic N) is 1. The number of benzene rings is 1. The molecule has 116 valence electrons. The maximum absolute atomic E-state index is 5.36. The summed E-state index contributed by atoms with van der Waals surface area (Å²) in [6.45, 7) is 7.52. The van der Waals surface area contributed by atoms with Gasteiger partial charge in [-0.1, -0.05) is 36.8 Å². The van der Waals surface area contributed by atoms with Crippen molar-refractivity contribution in [2.75, 3.05) is 13.1 Å². The van der Waals surface area contributed by atoms with Crippen LogP contribution in [-0.4, -0.2) is 35.2 Å². The average molecular weight is 305 g/mol. The summed E-state index contributed by atoms with van der Waals surface area (Å²) in [5.74, 6) is 0. The van der Waals surface area contributed by atoms with Gasteiger partial charge in [0.15, 0.2) is 5.11 Å². The van der Waals surface area contributed by atoms with Crippen molar-refractivity contribution in [3.8, 4) is 0 Å². The standard InChI is InChI=1S/C17H27N3S/c1-14-8-6-7-11-20(14)15(2)12-18-17(21)19-13-16-9-4-3-5-10-16/h3-5,9-10,14-15H,6-8,11-13H2,1-2H3,(H2,18,19,21)/t14-,15+/m1/s1. The summed E-state index contributed by atoms with van der Waals surface area (Å²) in [4.78, 5) is 2.59. The highest BCUT2D eigenvalue weighted by Crippen LogP contribution is 2.18. The second-order valence-electron chi connectivity index (χ2n) is 5.98. The lowest BCUT2D eigenvalue weighted by molar-refractivity contribution is 0.116. The summed E-state index contributed by atoms with van der Waals surface area (Å²) in [5, 5.41) is 7.37. The minimum absolute atomic E-state index is 0.525. The molecule has 4 heteroatoms. The van der Waals surface area contributed by atoms with E-state index in [9.17, 15) is 0 Å². The van der Waals surface area contributed by atoms with Gasteiger partial charge in [-0.15, -0.1) is 0 Å². The molecule has 3 nitrogen and oxygen atoms in total. The average Bonchev–Trinajstić information content (AvgIpc) is 2.52. The highest BCUT2D eigenvalue weighted by molar-refractivity contribution is 7.80. The molecule has 1 aliphatic heterocycles. The summed E-state index contributed by atoms with van der Waals surface area (Å²) in [6.07, 6.45) is 4.02. The molecule has 1 aliphatic rings. The van der Waals surface area contributed by atoms with Gasteiger partial charge in [0.2, 0.25) is 0 Å². The molecule has 0 aliphatic carbocycles. The Hall–Kier alpha value is -1.13. The first-order chi connectivity index (χ1) is 10.2. The third kappa shape index (κ3) is 5.29. The molecule has 0 radical (unpaired) electrons. The fourth-order valence-corrected chi connectivity index (χ4v) is 3.13. The van der Waals surface area contributed by atoms with Gasteiger partial charge in [-0.2, -0.15) is 0 Å². The van der Waals surface area contributed by atoms with Crippen LogP contribution in [0.3, 0.4) is 0 Å². The Balaban J connectivity index is 1.68. The Labute approximate surface area is 134 Å². The lowest BCUT2D eigenvalue weighted by Crippen LogP contribution is -2.49. The summed E-state index contributed by atoms with van der Waals surface area (Å²) in [6, 6.07) is 11.6. The number of nitrogens with one attached hydrogen (secondary N) is 2. The minimum atomic E-state index is 0.525. The number of thiocarbonyl (C=S) groups is 1. The lowest BCUT2D eigenvalue weighted by atomic mass is 10.0. The fraction of sp³-hybridized carbons (Fsp3) is 0.588. The van der Waals surface area contributed by atoms with Crippen LogP contribution in [0.15, 0.2) is 30.3 Å². The third-order valence-electron chi connectivity index (χ3n) is 4.27. The van der Waals surface area contributed by atoms with Crippen LogP contribution in [0.2, 0.25) is 0 Å². The SMILES string of the molecule is C[C@@H]1CCCCN1[C@@H](C)CNC(=S)NCc1ccccc1. The fourth-order valence-electron chi connectivity index (χ4n) is 2.97. The van der Waals surface area contributed by atoms with Crippen LogP contribution in [-0.2, 0) is 6.54 Å². The number of hydrogen-bond acceptors (Lipinski definition) is 2. The maximum Gasteiger partial charge on any atom is 0.166 e. The van der Waals surface area contributed by atoms with Gasteiger partial charge in [0.1, 0.15) is 0 Å². The molecule has 1 aromatic rings. The molecule has 2 atom stereocenters. The first kappa shape index (κ1) is 16.2. The Morgan fingerprint density at radius 1 is 1.29 bits per heavy atom. The van der Waals surface area contributed by atoms with Crippen LogP contribution >= 0.6 is 12.2 Å². The van der Waals surface area contributed by atoms with E-state index >= 15 is 0 Å². The molecule has 1 fully saturated rings. The summed E-state index contributed by atoms with van der Waals surface area (Å²) in [5.41, 5.74) is 1.25. The van der Waals surface area contributed by atoms with Crippen LogP contribution in [0.4, 0.5) is 0 Å². The second-order valence-corrected chi connectivity index (χ2v) is 6.39. The van der Waals surface area contributed by atoms with Gasteiger partial charge in [-0.25, -0.2) is 0 Å². The smallest absolute Gasteiger partial charge is 0.166 e.